The fraction of sp³-hybridized carbons (Fsp3) is 0.167. The lowest BCUT2D eigenvalue weighted by Crippen LogP contribution is -2.14. The van der Waals surface area contributed by atoms with Crippen LogP contribution in [0.1, 0.15) is 51.6 Å². The van der Waals surface area contributed by atoms with E-state index < -0.39 is 5.91 Å². The van der Waals surface area contributed by atoms with Crippen molar-refractivity contribution in [2.45, 2.75) is 26.4 Å². The number of ether oxygens (including phenoxy) is 1. The first-order chi connectivity index (χ1) is 13.9. The number of nitrogens with two attached hydrogens (primary N) is 1. The Kier molecular flexibility index (Phi) is 6.29. The lowest BCUT2D eigenvalue weighted by molar-refractivity contribution is 0.0994. The maximum atomic E-state index is 12.7. The third kappa shape index (κ3) is 5.23. The number of anilines is 1. The highest BCUT2D eigenvalue weighted by atomic mass is 16.5. The van der Waals surface area contributed by atoms with Gasteiger partial charge < -0.3 is 15.8 Å². The summed E-state index contributed by atoms with van der Waals surface area (Å²) in [6.45, 7) is 4.44. The molecule has 0 heterocycles. The highest BCUT2D eigenvalue weighted by Gasteiger charge is 2.11. The molecule has 3 rings (SSSR count). The molecule has 0 aromatic heterocycles. The molecule has 0 unspecified atom stereocenters. The van der Waals surface area contributed by atoms with Crippen LogP contribution in [0.3, 0.4) is 0 Å². The number of rotatable bonds is 7. The maximum absolute atomic E-state index is 12.7. The topological polar surface area (TPSA) is 81.4 Å². The lowest BCUT2D eigenvalue weighted by Gasteiger charge is -2.11. The molecule has 0 aliphatic carbocycles. The minimum Gasteiger partial charge on any atom is -0.488 e. The van der Waals surface area contributed by atoms with Gasteiger partial charge in [0.1, 0.15) is 12.4 Å². The molecule has 0 atom stereocenters. The minimum absolute atomic E-state index is 0.190. The summed E-state index contributed by atoms with van der Waals surface area (Å²) in [5.41, 5.74) is 8.98. The van der Waals surface area contributed by atoms with Crippen molar-refractivity contribution < 1.29 is 14.3 Å². The summed E-state index contributed by atoms with van der Waals surface area (Å²) in [4.78, 5) is 24.2. The van der Waals surface area contributed by atoms with Gasteiger partial charge in [0.05, 0.1) is 5.56 Å². The summed E-state index contributed by atoms with van der Waals surface area (Å²) in [7, 11) is 0. The molecule has 148 valence electrons. The molecule has 3 aromatic rings. The average Bonchev–Trinajstić information content (AvgIpc) is 2.72. The zero-order valence-corrected chi connectivity index (χ0v) is 16.5. The van der Waals surface area contributed by atoms with Crippen LogP contribution in [-0.2, 0) is 6.61 Å². The lowest BCUT2D eigenvalue weighted by atomic mass is 10.0. The van der Waals surface area contributed by atoms with Crippen LogP contribution in [0.2, 0.25) is 0 Å². The number of carbonyl (C=O) groups is 2. The van der Waals surface area contributed by atoms with Crippen LogP contribution in [0.4, 0.5) is 5.69 Å². The molecule has 0 saturated carbocycles. The fourth-order valence-electron chi connectivity index (χ4n) is 2.94. The molecule has 0 bridgehead atoms. The maximum Gasteiger partial charge on any atom is 0.255 e. The van der Waals surface area contributed by atoms with Gasteiger partial charge in [-0.05, 0) is 53.4 Å². The predicted molar refractivity (Wildman–Crippen MR) is 114 cm³/mol. The SMILES string of the molecule is CC(C)c1cccc(NC(=O)c2cccc(COc3ccccc3C(N)=O)c2)c1. The molecule has 0 aliphatic heterocycles. The van der Waals surface area contributed by atoms with E-state index in [4.69, 9.17) is 10.5 Å². The summed E-state index contributed by atoms with van der Waals surface area (Å²) in [5.74, 6) is 0.0682. The normalized spacial score (nSPS) is 10.6. The molecule has 0 aliphatic rings. The molecule has 0 saturated heterocycles. The Labute approximate surface area is 170 Å². The first kappa shape index (κ1) is 20.1. The molecule has 29 heavy (non-hydrogen) atoms. The molecule has 3 aromatic carbocycles. The number of amides is 2. The highest BCUT2D eigenvalue weighted by molar-refractivity contribution is 6.04. The second-order valence-corrected chi connectivity index (χ2v) is 7.08. The van der Waals surface area contributed by atoms with E-state index in [0.29, 0.717) is 22.8 Å². The zero-order chi connectivity index (χ0) is 20.8. The van der Waals surface area contributed by atoms with E-state index in [1.807, 2.05) is 30.3 Å². The molecule has 5 nitrogen and oxygen atoms in total. The molecule has 0 spiro atoms. The first-order valence-electron chi connectivity index (χ1n) is 9.46. The van der Waals surface area contributed by atoms with E-state index in [1.165, 1.54) is 0 Å². The van der Waals surface area contributed by atoms with Gasteiger partial charge in [0.15, 0.2) is 0 Å². The molecular weight excluding hydrogens is 364 g/mol. The van der Waals surface area contributed by atoms with Crippen molar-refractivity contribution in [2.75, 3.05) is 5.32 Å². The summed E-state index contributed by atoms with van der Waals surface area (Å²) in [5, 5.41) is 2.94. The Hall–Kier alpha value is -3.60. The zero-order valence-electron chi connectivity index (χ0n) is 16.5. The molecule has 3 N–H and O–H groups in total. The summed E-state index contributed by atoms with van der Waals surface area (Å²) < 4.78 is 5.75. The van der Waals surface area contributed by atoms with Crippen LogP contribution < -0.4 is 15.8 Å². The molecule has 0 fully saturated rings. The molecule has 5 heteroatoms. The number of benzene rings is 3. The van der Waals surface area contributed by atoms with E-state index in [1.54, 1.807) is 42.5 Å². The van der Waals surface area contributed by atoms with Gasteiger partial charge in [-0.15, -0.1) is 0 Å². The molecule has 2 amide bonds. The van der Waals surface area contributed by atoms with Gasteiger partial charge in [-0.2, -0.15) is 0 Å². The van der Waals surface area contributed by atoms with Crippen molar-refractivity contribution >= 4 is 17.5 Å². The minimum atomic E-state index is -0.544. The van der Waals surface area contributed by atoms with E-state index in [9.17, 15) is 9.59 Å². The number of nitrogens with one attached hydrogen (secondary N) is 1. The van der Waals surface area contributed by atoms with Crippen LogP contribution in [0.15, 0.2) is 72.8 Å². The van der Waals surface area contributed by atoms with Crippen molar-refractivity contribution in [2.24, 2.45) is 5.73 Å². The van der Waals surface area contributed by atoms with E-state index in [2.05, 4.69) is 19.2 Å². The van der Waals surface area contributed by atoms with E-state index in [-0.39, 0.29) is 12.5 Å². The highest BCUT2D eigenvalue weighted by Crippen LogP contribution is 2.21. The van der Waals surface area contributed by atoms with Crippen LogP contribution >= 0.6 is 0 Å². The van der Waals surface area contributed by atoms with Gasteiger partial charge >= 0.3 is 0 Å². The fourth-order valence-corrected chi connectivity index (χ4v) is 2.94. The largest absolute Gasteiger partial charge is 0.488 e. The summed E-state index contributed by atoms with van der Waals surface area (Å²) in [6.07, 6.45) is 0. The van der Waals surface area contributed by atoms with Crippen molar-refractivity contribution in [3.63, 3.8) is 0 Å². The Bertz CT molecular complexity index is 1030. The van der Waals surface area contributed by atoms with Gasteiger partial charge in [0, 0.05) is 11.3 Å². The number of hydrogen-bond donors (Lipinski definition) is 2. The van der Waals surface area contributed by atoms with Crippen molar-refractivity contribution in [1.29, 1.82) is 0 Å². The second-order valence-electron chi connectivity index (χ2n) is 7.08. The number of hydrogen-bond acceptors (Lipinski definition) is 3. The smallest absolute Gasteiger partial charge is 0.255 e. The number of primary amides is 1. The van der Waals surface area contributed by atoms with E-state index >= 15 is 0 Å². The summed E-state index contributed by atoms with van der Waals surface area (Å²) in [6, 6.07) is 21.8. The third-order valence-electron chi connectivity index (χ3n) is 4.55. The first-order valence-corrected chi connectivity index (χ1v) is 9.46. The van der Waals surface area contributed by atoms with Gasteiger partial charge in [-0.1, -0.05) is 50.2 Å². The standard InChI is InChI=1S/C24H24N2O3/c1-16(2)18-8-6-10-20(14-18)26-24(28)19-9-5-7-17(13-19)15-29-22-12-4-3-11-21(22)23(25)27/h3-14,16H,15H2,1-2H3,(H2,25,27)(H,26,28). The van der Waals surface area contributed by atoms with Crippen LogP contribution in [0.25, 0.3) is 0 Å². The molecular formula is C24H24N2O3. The van der Waals surface area contributed by atoms with Crippen molar-refractivity contribution in [1.82, 2.24) is 0 Å². The third-order valence-corrected chi connectivity index (χ3v) is 4.55. The van der Waals surface area contributed by atoms with Gasteiger partial charge in [0.2, 0.25) is 0 Å². The van der Waals surface area contributed by atoms with Crippen LogP contribution in [0.5, 0.6) is 5.75 Å². The van der Waals surface area contributed by atoms with Gasteiger partial charge in [-0.25, -0.2) is 0 Å². The second kappa shape index (κ2) is 9.06. The molecule has 0 radical (unpaired) electrons. The van der Waals surface area contributed by atoms with Crippen LogP contribution in [0, 0.1) is 0 Å². The quantitative estimate of drug-likeness (QED) is 0.613. The van der Waals surface area contributed by atoms with Crippen molar-refractivity contribution in [3.05, 3.63) is 95.1 Å². The number of para-hydroxylation sites is 1. The Morgan fingerprint density at radius 2 is 1.72 bits per heavy atom. The Balaban J connectivity index is 1.70. The monoisotopic (exact) mass is 388 g/mol. The van der Waals surface area contributed by atoms with Crippen LogP contribution in [-0.4, -0.2) is 11.8 Å². The Morgan fingerprint density at radius 3 is 2.48 bits per heavy atom. The number of carbonyl (C=O) groups excluding carboxylic acids is 2. The summed E-state index contributed by atoms with van der Waals surface area (Å²) >= 11 is 0. The average molecular weight is 388 g/mol. The Morgan fingerprint density at radius 1 is 0.966 bits per heavy atom. The van der Waals surface area contributed by atoms with Crippen molar-refractivity contribution in [3.8, 4) is 5.75 Å². The predicted octanol–water partition coefficient (Wildman–Crippen LogP) is 4.74. The van der Waals surface area contributed by atoms with Gasteiger partial charge in [0.25, 0.3) is 11.8 Å². The van der Waals surface area contributed by atoms with Gasteiger partial charge in [-0.3, -0.25) is 9.59 Å². The van der Waals surface area contributed by atoms with E-state index in [0.717, 1.165) is 16.8 Å².